The Balaban J connectivity index is 0.00000149. The van der Waals surface area contributed by atoms with Crippen LogP contribution in [0.4, 0.5) is 10.2 Å². The van der Waals surface area contributed by atoms with Crippen LogP contribution in [0.5, 0.6) is 0 Å². The van der Waals surface area contributed by atoms with E-state index in [1.165, 1.54) is 12.3 Å². The predicted molar refractivity (Wildman–Crippen MR) is 130 cm³/mol. The third-order valence-corrected chi connectivity index (χ3v) is 6.88. The minimum Gasteiger partial charge on any atom is -0.370 e. The smallest absolute Gasteiger partial charge is 0.189 e. The van der Waals surface area contributed by atoms with Crippen molar-refractivity contribution in [2.45, 2.75) is 12.5 Å². The van der Waals surface area contributed by atoms with E-state index >= 15 is 0 Å². The number of carbonyl (C=O) groups is 1. The van der Waals surface area contributed by atoms with Crippen LogP contribution in [0.3, 0.4) is 0 Å². The molecule has 3 heterocycles. The summed E-state index contributed by atoms with van der Waals surface area (Å²) < 4.78 is 13.4. The molecule has 0 aliphatic carbocycles. The lowest BCUT2D eigenvalue weighted by atomic mass is 9.86. The zero-order valence-electron chi connectivity index (χ0n) is 18.5. The number of nitriles is 1. The van der Waals surface area contributed by atoms with E-state index in [1.807, 2.05) is 25.0 Å². The lowest BCUT2D eigenvalue weighted by Crippen LogP contribution is -2.53. The highest BCUT2D eigenvalue weighted by Crippen LogP contribution is 2.42. The normalized spacial score (nSPS) is 20.0. The minimum absolute atomic E-state index is 0.177. The maximum atomic E-state index is 13.4. The maximum absolute atomic E-state index is 13.4. The Labute approximate surface area is 196 Å². The van der Waals surface area contributed by atoms with Crippen molar-refractivity contribution in [3.8, 4) is 17.2 Å². The molecule has 170 valence electrons. The van der Waals surface area contributed by atoms with E-state index in [-0.39, 0.29) is 11.7 Å². The van der Waals surface area contributed by atoms with E-state index in [9.17, 15) is 9.65 Å². The molecule has 9 heteroatoms. The van der Waals surface area contributed by atoms with Crippen molar-refractivity contribution in [3.05, 3.63) is 70.3 Å². The number of aliphatic imine (C=N–C) groups is 1. The average molecular weight is 465 g/mol. The zero-order valence-corrected chi connectivity index (χ0v) is 19.3. The molecule has 0 saturated carbocycles. The number of hydrogen-bond donors (Lipinski definition) is 2. The first-order chi connectivity index (χ1) is 15.9. The van der Waals surface area contributed by atoms with Crippen molar-refractivity contribution in [1.82, 2.24) is 10.3 Å². The molecule has 1 aromatic carbocycles. The maximum Gasteiger partial charge on any atom is 0.189 e. The quantitative estimate of drug-likeness (QED) is 0.452. The van der Waals surface area contributed by atoms with Gasteiger partial charge in [0.1, 0.15) is 18.4 Å². The van der Waals surface area contributed by atoms with Crippen LogP contribution in [0.25, 0.3) is 11.1 Å². The second-order valence-corrected chi connectivity index (χ2v) is 8.62. The van der Waals surface area contributed by atoms with E-state index in [2.05, 4.69) is 44.6 Å². The number of pyridine rings is 1. The molecule has 7 nitrogen and oxygen atoms in total. The lowest BCUT2D eigenvalue weighted by Gasteiger charge is -2.34. The van der Waals surface area contributed by atoms with Gasteiger partial charge in [-0.2, -0.15) is 5.26 Å². The van der Waals surface area contributed by atoms with Crippen molar-refractivity contribution >= 4 is 29.9 Å². The third kappa shape index (κ3) is 4.86. The molecule has 0 spiro atoms. The van der Waals surface area contributed by atoms with Crippen LogP contribution in [-0.2, 0) is 10.3 Å². The van der Waals surface area contributed by atoms with Gasteiger partial charge in [-0.25, -0.2) is 9.37 Å². The monoisotopic (exact) mass is 464 g/mol. The number of rotatable bonds is 4. The van der Waals surface area contributed by atoms with Crippen molar-refractivity contribution in [3.63, 3.8) is 0 Å². The van der Waals surface area contributed by atoms with Gasteiger partial charge in [0.05, 0.1) is 23.4 Å². The number of aromatic nitrogens is 1. The first kappa shape index (κ1) is 23.9. The highest BCUT2D eigenvalue weighted by Gasteiger charge is 2.47. The molecule has 1 aliphatic heterocycles. The van der Waals surface area contributed by atoms with Crippen LogP contribution in [0.15, 0.2) is 59.0 Å². The molecule has 0 bridgehead atoms. The lowest BCUT2D eigenvalue weighted by molar-refractivity contribution is -0.0979. The molecule has 2 atom stereocenters. The Morgan fingerprint density at radius 1 is 1.36 bits per heavy atom. The fourth-order valence-corrected chi connectivity index (χ4v) is 5.24. The molecular formula is C24H25FN6OS. The number of benzene rings is 1. The van der Waals surface area contributed by atoms with Gasteiger partial charge >= 0.3 is 0 Å². The molecule has 2 unspecified atom stereocenters. The van der Waals surface area contributed by atoms with E-state index in [1.54, 1.807) is 30.5 Å². The summed E-state index contributed by atoms with van der Waals surface area (Å²) in [7, 11) is 1.65. The first-order valence-electron chi connectivity index (χ1n) is 10.2. The van der Waals surface area contributed by atoms with E-state index in [0.29, 0.717) is 18.1 Å². The van der Waals surface area contributed by atoms with Crippen LogP contribution in [-0.4, -0.2) is 37.9 Å². The van der Waals surface area contributed by atoms with Crippen LogP contribution in [0.1, 0.15) is 17.4 Å². The Bertz CT molecular complexity index is 1170. The number of carbonyl (C=O) groups excluding carboxylic acids is 1. The summed E-state index contributed by atoms with van der Waals surface area (Å²) in [5, 5.41) is 14.8. The number of nitrogens with two attached hydrogens (primary N) is 1. The Morgan fingerprint density at radius 2 is 2.15 bits per heavy atom. The molecule has 0 amide bonds. The van der Waals surface area contributed by atoms with Crippen molar-refractivity contribution in [1.29, 1.82) is 5.26 Å². The van der Waals surface area contributed by atoms with Gasteiger partial charge in [-0.05, 0) is 46.8 Å². The van der Waals surface area contributed by atoms with Crippen LogP contribution in [0.2, 0.25) is 0 Å². The Morgan fingerprint density at radius 3 is 2.82 bits per heavy atom. The number of hydrogen-bond acceptors (Lipinski definition) is 6. The molecule has 4 rings (SSSR count). The number of thiophene rings is 1. The summed E-state index contributed by atoms with van der Waals surface area (Å²) >= 11 is 1.65. The van der Waals surface area contributed by atoms with E-state index in [0.717, 1.165) is 28.4 Å². The van der Waals surface area contributed by atoms with Gasteiger partial charge in [0.25, 0.3) is 0 Å². The van der Waals surface area contributed by atoms with Gasteiger partial charge in [-0.15, -0.1) is 11.3 Å². The van der Waals surface area contributed by atoms with Crippen molar-refractivity contribution in [2.75, 3.05) is 25.0 Å². The van der Waals surface area contributed by atoms with Crippen LogP contribution in [0, 0.1) is 23.1 Å². The van der Waals surface area contributed by atoms with Crippen molar-refractivity contribution in [2.24, 2.45) is 16.6 Å². The summed E-state index contributed by atoms with van der Waals surface area (Å²) in [4.78, 5) is 19.6. The summed E-state index contributed by atoms with van der Waals surface area (Å²) in [5.41, 5.74) is 8.32. The van der Waals surface area contributed by atoms with Gasteiger partial charge in [-0.1, -0.05) is 19.1 Å². The number of halogens is 1. The van der Waals surface area contributed by atoms with E-state index in [4.69, 9.17) is 10.5 Å². The number of guanidine groups is 1. The fourth-order valence-electron chi connectivity index (χ4n) is 4.06. The van der Waals surface area contributed by atoms with Gasteiger partial charge in [0.2, 0.25) is 0 Å². The summed E-state index contributed by atoms with van der Waals surface area (Å²) in [6.45, 7) is 5.51. The van der Waals surface area contributed by atoms with Crippen molar-refractivity contribution < 1.29 is 9.18 Å². The third-order valence-electron chi connectivity index (χ3n) is 5.77. The number of anilines is 1. The summed E-state index contributed by atoms with van der Waals surface area (Å²) in [6.07, 6.45) is 1.24. The topological polar surface area (TPSA) is 107 Å². The van der Waals surface area contributed by atoms with Gasteiger partial charge < -0.3 is 20.7 Å². The summed E-state index contributed by atoms with van der Waals surface area (Å²) in [6, 6.07) is 15.0. The van der Waals surface area contributed by atoms with Gasteiger partial charge in [0.15, 0.2) is 5.96 Å². The molecule has 1 fully saturated rings. The standard InChI is InChI=1S/C23H23FN6S.CH2O/c1-15-12-30(21-7-6-19(24)11-28-21)14-23(15,29-22(26)27-2)20-9-18(13-31-20)17-5-3-4-16(8-17)10-25;1-2/h3-9,11,13,15H,12,14H2,1-2H3,(H3,26,27,29);1H2. The SMILES string of the molecule is C=O.CN=C(N)NC1(c2cc(-c3cccc(C#N)c3)cs2)CN(c2ccc(F)cn2)CC1C. The Hall–Kier alpha value is -3.77. The van der Waals surface area contributed by atoms with Crippen LogP contribution < -0.4 is 16.0 Å². The zero-order chi connectivity index (χ0) is 24.0. The van der Waals surface area contributed by atoms with Crippen LogP contribution >= 0.6 is 11.3 Å². The number of nitrogens with one attached hydrogen (secondary N) is 1. The molecule has 33 heavy (non-hydrogen) atoms. The molecule has 2 aromatic heterocycles. The highest BCUT2D eigenvalue weighted by atomic mass is 32.1. The average Bonchev–Trinajstić information content (AvgIpc) is 3.47. The molecule has 3 N–H and O–H groups in total. The molecule has 0 radical (unpaired) electrons. The summed E-state index contributed by atoms with van der Waals surface area (Å²) in [5.74, 6) is 0.909. The second kappa shape index (κ2) is 10.2. The minimum atomic E-state index is -0.477. The molecule has 3 aromatic rings. The Kier molecular flexibility index (Phi) is 7.41. The molecule has 1 saturated heterocycles. The first-order valence-corrected chi connectivity index (χ1v) is 11.1. The van der Waals surface area contributed by atoms with Gasteiger partial charge in [0, 0.05) is 30.9 Å². The van der Waals surface area contributed by atoms with E-state index < -0.39 is 5.54 Å². The fraction of sp³-hybridized carbons (Fsp3) is 0.250. The highest BCUT2D eigenvalue weighted by molar-refractivity contribution is 7.10. The van der Waals surface area contributed by atoms with Gasteiger partial charge in [-0.3, -0.25) is 4.99 Å². The second-order valence-electron chi connectivity index (χ2n) is 7.71. The predicted octanol–water partition coefficient (Wildman–Crippen LogP) is 3.52. The molecular weight excluding hydrogens is 439 g/mol. The molecule has 1 aliphatic rings. The largest absolute Gasteiger partial charge is 0.370 e. The number of nitrogens with zero attached hydrogens (tertiary/aromatic N) is 4.